The summed E-state index contributed by atoms with van der Waals surface area (Å²) in [5.41, 5.74) is 2.94. The quantitative estimate of drug-likeness (QED) is 0.626. The zero-order valence-corrected chi connectivity index (χ0v) is 15.5. The summed E-state index contributed by atoms with van der Waals surface area (Å²) in [6.07, 6.45) is 5.35. The Labute approximate surface area is 156 Å². The Balaban J connectivity index is 1.89. The molecule has 140 valence electrons. The molecule has 3 aromatic rings. The van der Waals surface area contributed by atoms with Gasteiger partial charge in [-0.1, -0.05) is 12.1 Å². The molecule has 2 heterocycles. The van der Waals surface area contributed by atoms with Gasteiger partial charge < -0.3 is 14.0 Å². The second-order valence-corrected chi connectivity index (χ2v) is 6.05. The fraction of sp³-hybridized carbons (Fsp3) is 0.250. The maximum Gasteiger partial charge on any atom is 0.337 e. The number of pyridine rings is 1. The molecule has 27 heavy (non-hydrogen) atoms. The first kappa shape index (κ1) is 18.4. The normalized spacial score (nSPS) is 10.6. The third-order valence-corrected chi connectivity index (χ3v) is 4.13. The predicted octanol–water partition coefficient (Wildman–Crippen LogP) is 2.48. The molecule has 0 amide bonds. The SMILES string of the molecule is CCOc1cc(=O)n(C)cc1-c1cnn(Cc2cccc(C(=O)OC)c2)c1. The first-order chi connectivity index (χ1) is 13.0. The number of hydrogen-bond acceptors (Lipinski definition) is 5. The van der Waals surface area contributed by atoms with E-state index in [1.165, 1.54) is 17.7 Å². The number of esters is 1. The average molecular weight is 367 g/mol. The number of nitrogens with zero attached hydrogens (tertiary/aromatic N) is 3. The van der Waals surface area contributed by atoms with E-state index in [9.17, 15) is 9.59 Å². The second kappa shape index (κ2) is 7.90. The summed E-state index contributed by atoms with van der Waals surface area (Å²) in [5.74, 6) is 0.164. The van der Waals surface area contributed by atoms with Gasteiger partial charge in [0.1, 0.15) is 5.75 Å². The summed E-state index contributed by atoms with van der Waals surface area (Å²) in [5, 5.41) is 4.39. The van der Waals surface area contributed by atoms with Crippen LogP contribution in [0.2, 0.25) is 0 Å². The molecule has 0 bridgehead atoms. The van der Waals surface area contributed by atoms with Crippen LogP contribution >= 0.6 is 0 Å². The van der Waals surface area contributed by atoms with Crippen molar-refractivity contribution in [3.05, 3.63) is 70.4 Å². The number of carbonyl (C=O) groups excluding carboxylic acids is 1. The first-order valence-electron chi connectivity index (χ1n) is 8.55. The lowest BCUT2D eigenvalue weighted by Crippen LogP contribution is -2.15. The molecule has 0 fully saturated rings. The Morgan fingerprint density at radius 2 is 2.04 bits per heavy atom. The number of aromatic nitrogens is 3. The highest BCUT2D eigenvalue weighted by molar-refractivity contribution is 5.89. The Hall–Kier alpha value is -3.35. The van der Waals surface area contributed by atoms with E-state index in [2.05, 4.69) is 5.10 Å². The van der Waals surface area contributed by atoms with Gasteiger partial charge in [-0.15, -0.1) is 0 Å². The summed E-state index contributed by atoms with van der Waals surface area (Å²) < 4.78 is 13.6. The molecule has 0 N–H and O–H groups in total. The van der Waals surface area contributed by atoms with Gasteiger partial charge >= 0.3 is 5.97 Å². The van der Waals surface area contributed by atoms with Crippen molar-refractivity contribution in [3.63, 3.8) is 0 Å². The van der Waals surface area contributed by atoms with Crippen molar-refractivity contribution >= 4 is 5.97 Å². The van der Waals surface area contributed by atoms with Crippen molar-refractivity contribution in [2.45, 2.75) is 13.5 Å². The maximum atomic E-state index is 11.9. The van der Waals surface area contributed by atoms with Crippen LogP contribution < -0.4 is 10.3 Å². The lowest BCUT2D eigenvalue weighted by atomic mass is 10.1. The van der Waals surface area contributed by atoms with E-state index >= 15 is 0 Å². The Kier molecular flexibility index (Phi) is 5.40. The molecule has 0 aliphatic carbocycles. The standard InChI is InChI=1S/C20H21N3O4/c1-4-27-18-9-19(24)22(2)13-17(18)16-10-21-23(12-16)11-14-6-5-7-15(8-14)20(25)26-3/h5-10,12-13H,4,11H2,1-3H3. The van der Waals surface area contributed by atoms with Gasteiger partial charge in [0.2, 0.25) is 0 Å². The lowest BCUT2D eigenvalue weighted by molar-refractivity contribution is 0.0600. The average Bonchev–Trinajstić information content (AvgIpc) is 3.12. The fourth-order valence-electron chi connectivity index (χ4n) is 2.80. The van der Waals surface area contributed by atoms with Crippen molar-refractivity contribution in [1.82, 2.24) is 14.3 Å². The van der Waals surface area contributed by atoms with Crippen LogP contribution in [-0.4, -0.2) is 34.0 Å². The minimum absolute atomic E-state index is 0.130. The van der Waals surface area contributed by atoms with Crippen LogP contribution in [0.1, 0.15) is 22.8 Å². The third kappa shape index (κ3) is 4.08. The molecule has 7 heteroatoms. The third-order valence-electron chi connectivity index (χ3n) is 4.13. The fourth-order valence-corrected chi connectivity index (χ4v) is 2.80. The van der Waals surface area contributed by atoms with Gasteiger partial charge in [0.15, 0.2) is 0 Å². The number of aryl methyl sites for hydroxylation is 1. The number of carbonyl (C=O) groups is 1. The highest BCUT2D eigenvalue weighted by Gasteiger charge is 2.12. The topological polar surface area (TPSA) is 75.4 Å². The van der Waals surface area contributed by atoms with E-state index in [-0.39, 0.29) is 11.5 Å². The molecule has 0 unspecified atom stereocenters. The minimum atomic E-state index is -0.371. The van der Waals surface area contributed by atoms with Crippen molar-refractivity contribution in [2.75, 3.05) is 13.7 Å². The molecule has 0 spiro atoms. The number of hydrogen-bond donors (Lipinski definition) is 0. The first-order valence-corrected chi connectivity index (χ1v) is 8.55. The molecular weight excluding hydrogens is 346 g/mol. The molecule has 0 aliphatic heterocycles. The van der Waals surface area contributed by atoms with Gasteiger partial charge in [0, 0.05) is 36.6 Å². The number of ether oxygens (including phenoxy) is 2. The van der Waals surface area contributed by atoms with Crippen molar-refractivity contribution in [3.8, 4) is 16.9 Å². The van der Waals surface area contributed by atoms with E-state index in [1.54, 1.807) is 36.3 Å². The summed E-state index contributed by atoms with van der Waals surface area (Å²) in [7, 11) is 3.06. The maximum absolute atomic E-state index is 11.9. The second-order valence-electron chi connectivity index (χ2n) is 6.05. The predicted molar refractivity (Wildman–Crippen MR) is 101 cm³/mol. The van der Waals surface area contributed by atoms with Crippen LogP contribution in [-0.2, 0) is 18.3 Å². The van der Waals surface area contributed by atoms with Gasteiger partial charge in [-0.25, -0.2) is 4.79 Å². The van der Waals surface area contributed by atoms with Gasteiger partial charge in [-0.3, -0.25) is 9.48 Å². The molecular formula is C20H21N3O4. The Morgan fingerprint density at radius 3 is 2.78 bits per heavy atom. The van der Waals surface area contributed by atoms with E-state index in [0.717, 1.165) is 16.7 Å². The minimum Gasteiger partial charge on any atom is -0.493 e. The smallest absolute Gasteiger partial charge is 0.337 e. The molecule has 2 aromatic heterocycles. The van der Waals surface area contributed by atoms with Crippen LogP contribution in [0.5, 0.6) is 5.75 Å². The van der Waals surface area contributed by atoms with Gasteiger partial charge in [0.05, 0.1) is 32.0 Å². The largest absolute Gasteiger partial charge is 0.493 e. The van der Waals surface area contributed by atoms with Crippen LogP contribution in [0.3, 0.4) is 0 Å². The molecule has 3 rings (SSSR count). The van der Waals surface area contributed by atoms with E-state index < -0.39 is 0 Å². The highest BCUT2D eigenvalue weighted by Crippen LogP contribution is 2.28. The van der Waals surface area contributed by atoms with Crippen LogP contribution in [0.4, 0.5) is 0 Å². The van der Waals surface area contributed by atoms with Crippen LogP contribution in [0, 0.1) is 0 Å². The van der Waals surface area contributed by atoms with Crippen molar-refractivity contribution in [1.29, 1.82) is 0 Å². The molecule has 0 atom stereocenters. The van der Waals surface area contributed by atoms with E-state index in [1.807, 2.05) is 25.3 Å². The summed E-state index contributed by atoms with van der Waals surface area (Å²) >= 11 is 0. The summed E-state index contributed by atoms with van der Waals surface area (Å²) in [4.78, 5) is 23.6. The lowest BCUT2D eigenvalue weighted by Gasteiger charge is -2.10. The molecule has 1 aromatic carbocycles. The van der Waals surface area contributed by atoms with E-state index in [4.69, 9.17) is 9.47 Å². The number of rotatable bonds is 6. The van der Waals surface area contributed by atoms with Gasteiger partial charge in [0.25, 0.3) is 5.56 Å². The van der Waals surface area contributed by atoms with Gasteiger partial charge in [-0.05, 0) is 24.6 Å². The summed E-state index contributed by atoms with van der Waals surface area (Å²) in [6.45, 7) is 2.84. The molecule has 0 aliphatic rings. The van der Waals surface area contributed by atoms with Crippen molar-refractivity contribution < 1.29 is 14.3 Å². The Morgan fingerprint density at radius 1 is 1.22 bits per heavy atom. The Bertz CT molecular complexity index is 1020. The van der Waals surface area contributed by atoms with E-state index in [0.29, 0.717) is 24.5 Å². The zero-order valence-electron chi connectivity index (χ0n) is 15.5. The molecule has 0 saturated carbocycles. The molecule has 0 radical (unpaired) electrons. The molecule has 7 nitrogen and oxygen atoms in total. The monoisotopic (exact) mass is 367 g/mol. The number of benzene rings is 1. The highest BCUT2D eigenvalue weighted by atomic mass is 16.5. The van der Waals surface area contributed by atoms with Crippen molar-refractivity contribution in [2.24, 2.45) is 7.05 Å². The molecule has 0 saturated heterocycles. The van der Waals surface area contributed by atoms with Crippen LogP contribution in [0.25, 0.3) is 11.1 Å². The van der Waals surface area contributed by atoms with Gasteiger partial charge in [-0.2, -0.15) is 5.10 Å². The zero-order chi connectivity index (χ0) is 19.4. The number of methoxy groups -OCH3 is 1. The van der Waals surface area contributed by atoms with Crippen LogP contribution in [0.15, 0.2) is 53.7 Å². The summed E-state index contributed by atoms with van der Waals surface area (Å²) in [6, 6.07) is 8.71.